The molecule has 6 heteroatoms. The molecular formula is C12H17N3O3. The number of carboxylic acids is 1. The molecule has 1 N–H and O–H groups in total. The molecular weight excluding hydrogens is 234 g/mol. The minimum absolute atomic E-state index is 0.314. The number of hydrogen-bond donors (Lipinski definition) is 1. The minimum atomic E-state index is -0.743. The molecule has 0 amide bonds. The summed E-state index contributed by atoms with van der Waals surface area (Å²) in [7, 11) is 1.57. The molecule has 1 unspecified atom stereocenters. The van der Waals surface area contributed by atoms with Gasteiger partial charge in [0.05, 0.1) is 18.6 Å². The zero-order valence-corrected chi connectivity index (χ0v) is 10.8. The first-order valence-corrected chi connectivity index (χ1v) is 5.90. The second-order valence-corrected chi connectivity index (χ2v) is 4.50. The fraction of sp³-hybridized carbons (Fsp3) is 0.583. The van der Waals surface area contributed by atoms with Gasteiger partial charge in [0.2, 0.25) is 5.88 Å². The van der Waals surface area contributed by atoms with Crippen LogP contribution in [-0.4, -0.2) is 41.2 Å². The van der Waals surface area contributed by atoms with Gasteiger partial charge in [-0.25, -0.2) is 4.98 Å². The minimum Gasteiger partial charge on any atom is -0.481 e. The van der Waals surface area contributed by atoms with E-state index in [9.17, 15) is 4.79 Å². The van der Waals surface area contributed by atoms with Crippen LogP contribution in [0.2, 0.25) is 0 Å². The number of aromatic nitrogens is 2. The second kappa shape index (κ2) is 4.80. The van der Waals surface area contributed by atoms with Gasteiger partial charge >= 0.3 is 5.97 Å². The molecule has 6 nitrogen and oxygen atoms in total. The largest absolute Gasteiger partial charge is 0.481 e. The zero-order valence-electron chi connectivity index (χ0n) is 10.8. The summed E-state index contributed by atoms with van der Waals surface area (Å²) in [6.45, 7) is 4.89. The Kier molecular flexibility index (Phi) is 3.36. The lowest BCUT2D eigenvalue weighted by Crippen LogP contribution is -2.25. The van der Waals surface area contributed by atoms with Gasteiger partial charge in [0.1, 0.15) is 11.6 Å². The average Bonchev–Trinajstić information content (AvgIpc) is 2.81. The van der Waals surface area contributed by atoms with Crippen LogP contribution in [0.1, 0.15) is 17.8 Å². The third kappa shape index (κ3) is 2.23. The van der Waals surface area contributed by atoms with Crippen LogP contribution in [0.5, 0.6) is 5.88 Å². The van der Waals surface area contributed by atoms with E-state index in [0.29, 0.717) is 31.2 Å². The van der Waals surface area contributed by atoms with Crippen LogP contribution in [0.3, 0.4) is 0 Å². The van der Waals surface area contributed by atoms with E-state index in [4.69, 9.17) is 9.84 Å². The van der Waals surface area contributed by atoms with Gasteiger partial charge in [0.15, 0.2) is 0 Å². The van der Waals surface area contributed by atoms with Crippen LogP contribution < -0.4 is 9.64 Å². The number of carboxylic acid groups (broad SMARTS) is 1. The Labute approximate surface area is 106 Å². The van der Waals surface area contributed by atoms with Crippen LogP contribution in [0, 0.1) is 19.8 Å². The summed E-state index contributed by atoms with van der Waals surface area (Å²) in [6, 6.07) is 0. The van der Waals surface area contributed by atoms with Gasteiger partial charge in [-0.1, -0.05) is 0 Å². The number of hydrogen-bond acceptors (Lipinski definition) is 5. The maximum absolute atomic E-state index is 11.0. The first-order valence-electron chi connectivity index (χ1n) is 5.90. The van der Waals surface area contributed by atoms with Gasteiger partial charge < -0.3 is 14.7 Å². The van der Waals surface area contributed by atoms with Gasteiger partial charge in [0.25, 0.3) is 0 Å². The van der Waals surface area contributed by atoms with Crippen molar-refractivity contribution in [3.8, 4) is 5.88 Å². The van der Waals surface area contributed by atoms with Crippen molar-refractivity contribution < 1.29 is 14.6 Å². The number of ether oxygens (including phenoxy) is 1. The summed E-state index contributed by atoms with van der Waals surface area (Å²) in [4.78, 5) is 21.6. The van der Waals surface area contributed by atoms with Gasteiger partial charge in [-0.15, -0.1) is 0 Å². The zero-order chi connectivity index (χ0) is 13.3. The van der Waals surface area contributed by atoms with Crippen molar-refractivity contribution in [1.29, 1.82) is 0 Å². The lowest BCUT2D eigenvalue weighted by atomic mass is 10.1. The highest BCUT2D eigenvalue weighted by atomic mass is 16.5. The van der Waals surface area contributed by atoms with Crippen LogP contribution in [0.15, 0.2) is 0 Å². The Morgan fingerprint density at radius 2 is 2.17 bits per heavy atom. The molecule has 98 valence electrons. The van der Waals surface area contributed by atoms with E-state index in [1.165, 1.54) is 0 Å². The topological polar surface area (TPSA) is 75.6 Å². The van der Waals surface area contributed by atoms with Crippen LogP contribution in [0.25, 0.3) is 0 Å². The van der Waals surface area contributed by atoms with E-state index < -0.39 is 5.97 Å². The Morgan fingerprint density at radius 1 is 1.44 bits per heavy atom. The first kappa shape index (κ1) is 12.6. The number of carbonyl (C=O) groups is 1. The monoisotopic (exact) mass is 251 g/mol. The highest BCUT2D eigenvalue weighted by molar-refractivity contribution is 5.72. The molecule has 2 rings (SSSR count). The van der Waals surface area contributed by atoms with Crippen molar-refractivity contribution >= 4 is 11.8 Å². The third-order valence-electron chi connectivity index (χ3n) is 3.22. The van der Waals surface area contributed by atoms with E-state index in [1.807, 2.05) is 11.8 Å². The van der Waals surface area contributed by atoms with Gasteiger partial charge in [-0.05, 0) is 20.3 Å². The second-order valence-electron chi connectivity index (χ2n) is 4.50. The predicted octanol–water partition coefficient (Wildman–Crippen LogP) is 1.01. The number of rotatable bonds is 3. The van der Waals surface area contributed by atoms with E-state index in [2.05, 4.69) is 9.97 Å². The fourth-order valence-corrected chi connectivity index (χ4v) is 2.25. The summed E-state index contributed by atoms with van der Waals surface area (Å²) >= 11 is 0. The Bertz CT molecular complexity index is 476. The fourth-order valence-electron chi connectivity index (χ4n) is 2.25. The lowest BCUT2D eigenvalue weighted by Gasteiger charge is -2.20. The predicted molar refractivity (Wildman–Crippen MR) is 66.0 cm³/mol. The van der Waals surface area contributed by atoms with E-state index in [0.717, 1.165) is 11.4 Å². The molecule has 1 fully saturated rings. The molecule has 0 saturated carbocycles. The molecule has 0 aliphatic carbocycles. The summed E-state index contributed by atoms with van der Waals surface area (Å²) in [5, 5.41) is 9.02. The number of aryl methyl sites for hydroxylation is 1. The van der Waals surface area contributed by atoms with Crippen LogP contribution in [0.4, 0.5) is 5.82 Å². The quantitative estimate of drug-likeness (QED) is 0.864. The number of nitrogens with zero attached hydrogens (tertiary/aromatic N) is 3. The molecule has 0 bridgehead atoms. The maximum atomic E-state index is 11.0. The molecule has 1 aliphatic rings. The Balaban J connectivity index is 2.29. The molecule has 0 spiro atoms. The maximum Gasteiger partial charge on any atom is 0.308 e. The van der Waals surface area contributed by atoms with Gasteiger partial charge in [0, 0.05) is 13.1 Å². The van der Waals surface area contributed by atoms with Crippen molar-refractivity contribution in [2.75, 3.05) is 25.1 Å². The summed E-state index contributed by atoms with van der Waals surface area (Å²) in [6.07, 6.45) is 0.653. The van der Waals surface area contributed by atoms with Crippen molar-refractivity contribution in [2.24, 2.45) is 5.92 Å². The number of anilines is 1. The first-order chi connectivity index (χ1) is 8.52. The Hall–Kier alpha value is -1.85. The molecule has 1 atom stereocenters. The highest BCUT2D eigenvalue weighted by Gasteiger charge is 2.30. The smallest absolute Gasteiger partial charge is 0.308 e. The summed E-state index contributed by atoms with van der Waals surface area (Å²) in [5.41, 5.74) is 0.856. The normalized spacial score (nSPS) is 19.1. The molecule has 1 saturated heterocycles. The summed E-state index contributed by atoms with van der Waals surface area (Å²) in [5.74, 6) is 0.907. The van der Waals surface area contributed by atoms with Crippen LogP contribution >= 0.6 is 0 Å². The number of aliphatic carboxylic acids is 1. The summed E-state index contributed by atoms with van der Waals surface area (Å²) < 4.78 is 5.21. The van der Waals surface area contributed by atoms with Crippen molar-refractivity contribution in [3.63, 3.8) is 0 Å². The standard InChI is InChI=1S/C12H17N3O3/c1-7-10(13-8(2)14-11(7)18-3)15-5-4-9(6-15)12(16)17/h9H,4-6H2,1-3H3,(H,16,17). The number of methoxy groups -OCH3 is 1. The highest BCUT2D eigenvalue weighted by Crippen LogP contribution is 2.29. The molecule has 2 heterocycles. The lowest BCUT2D eigenvalue weighted by molar-refractivity contribution is -0.140. The molecule has 1 aliphatic heterocycles. The van der Waals surface area contributed by atoms with E-state index >= 15 is 0 Å². The third-order valence-corrected chi connectivity index (χ3v) is 3.22. The Morgan fingerprint density at radius 3 is 2.72 bits per heavy atom. The SMILES string of the molecule is COc1nc(C)nc(N2CCC(C(=O)O)C2)c1C. The van der Waals surface area contributed by atoms with Gasteiger partial charge in [-0.3, -0.25) is 4.79 Å². The van der Waals surface area contributed by atoms with Crippen molar-refractivity contribution in [1.82, 2.24) is 9.97 Å². The van der Waals surface area contributed by atoms with E-state index in [-0.39, 0.29) is 5.92 Å². The van der Waals surface area contributed by atoms with E-state index in [1.54, 1.807) is 14.0 Å². The van der Waals surface area contributed by atoms with Crippen molar-refractivity contribution in [3.05, 3.63) is 11.4 Å². The van der Waals surface area contributed by atoms with Crippen LogP contribution in [-0.2, 0) is 4.79 Å². The van der Waals surface area contributed by atoms with Crippen molar-refractivity contribution in [2.45, 2.75) is 20.3 Å². The molecule has 1 aromatic rings. The molecule has 0 aromatic carbocycles. The molecule has 18 heavy (non-hydrogen) atoms. The van der Waals surface area contributed by atoms with Gasteiger partial charge in [-0.2, -0.15) is 4.98 Å². The average molecular weight is 251 g/mol. The molecule has 1 aromatic heterocycles. The molecule has 0 radical (unpaired) electrons.